The van der Waals surface area contributed by atoms with Crippen LogP contribution in [0, 0.1) is 6.92 Å². The SMILES string of the molecule is CCC(C)n1ccc(CC(NN)c2csc(C)n2)n1. The predicted molar refractivity (Wildman–Crippen MR) is 77.8 cm³/mol. The maximum atomic E-state index is 5.63. The number of hydrazine groups is 1. The monoisotopic (exact) mass is 279 g/mol. The molecule has 0 aliphatic rings. The first-order chi connectivity index (χ1) is 9.13. The van der Waals surface area contributed by atoms with Crippen LogP contribution in [0.1, 0.15) is 48.7 Å². The minimum atomic E-state index is 0.0187. The molecule has 2 aromatic rings. The molecule has 3 N–H and O–H groups in total. The van der Waals surface area contributed by atoms with Gasteiger partial charge in [0.1, 0.15) is 0 Å². The highest BCUT2D eigenvalue weighted by atomic mass is 32.1. The summed E-state index contributed by atoms with van der Waals surface area (Å²) in [6, 6.07) is 2.50. The smallest absolute Gasteiger partial charge is 0.0898 e. The molecule has 2 rings (SSSR count). The normalized spacial score (nSPS) is 14.5. The molecule has 2 heterocycles. The fourth-order valence-electron chi connectivity index (χ4n) is 1.92. The summed E-state index contributed by atoms with van der Waals surface area (Å²) >= 11 is 1.64. The molecule has 2 aromatic heterocycles. The Balaban J connectivity index is 2.08. The van der Waals surface area contributed by atoms with Crippen molar-refractivity contribution in [3.05, 3.63) is 34.0 Å². The molecule has 6 heteroatoms. The Morgan fingerprint density at radius 2 is 2.32 bits per heavy atom. The van der Waals surface area contributed by atoms with Gasteiger partial charge in [0.15, 0.2) is 0 Å². The second-order valence-electron chi connectivity index (χ2n) is 4.76. The van der Waals surface area contributed by atoms with Crippen LogP contribution in [0.2, 0.25) is 0 Å². The first kappa shape index (κ1) is 14.2. The second kappa shape index (κ2) is 6.27. The minimum Gasteiger partial charge on any atom is -0.271 e. The summed E-state index contributed by atoms with van der Waals surface area (Å²) in [4.78, 5) is 4.48. The van der Waals surface area contributed by atoms with E-state index in [1.807, 2.05) is 23.2 Å². The number of hydrogen-bond acceptors (Lipinski definition) is 5. The van der Waals surface area contributed by atoms with Gasteiger partial charge in [0.25, 0.3) is 0 Å². The van der Waals surface area contributed by atoms with Gasteiger partial charge in [0.05, 0.1) is 22.4 Å². The van der Waals surface area contributed by atoms with E-state index in [0.29, 0.717) is 6.04 Å². The van der Waals surface area contributed by atoms with Gasteiger partial charge in [-0.3, -0.25) is 16.0 Å². The second-order valence-corrected chi connectivity index (χ2v) is 5.82. The summed E-state index contributed by atoms with van der Waals surface area (Å²) in [5, 5.41) is 7.70. The molecular formula is C13H21N5S. The van der Waals surface area contributed by atoms with Crippen LogP contribution in [0.5, 0.6) is 0 Å². The van der Waals surface area contributed by atoms with Gasteiger partial charge in [-0.25, -0.2) is 4.98 Å². The zero-order chi connectivity index (χ0) is 13.8. The molecule has 0 aliphatic heterocycles. The molecule has 104 valence electrons. The number of rotatable bonds is 6. The van der Waals surface area contributed by atoms with Gasteiger partial charge < -0.3 is 0 Å². The molecule has 0 radical (unpaired) electrons. The third-order valence-electron chi connectivity index (χ3n) is 3.31. The summed E-state index contributed by atoms with van der Waals surface area (Å²) in [7, 11) is 0. The molecule has 0 aromatic carbocycles. The van der Waals surface area contributed by atoms with Crippen molar-refractivity contribution in [2.24, 2.45) is 5.84 Å². The molecule has 2 unspecified atom stereocenters. The van der Waals surface area contributed by atoms with E-state index in [2.05, 4.69) is 35.4 Å². The van der Waals surface area contributed by atoms with Crippen molar-refractivity contribution in [3.8, 4) is 0 Å². The number of nitrogens with two attached hydrogens (primary N) is 1. The standard InChI is InChI=1S/C13H21N5S/c1-4-9(2)18-6-5-11(17-18)7-12(16-14)13-8-19-10(3)15-13/h5-6,8-9,12,16H,4,7,14H2,1-3H3. The van der Waals surface area contributed by atoms with Gasteiger partial charge >= 0.3 is 0 Å². The lowest BCUT2D eigenvalue weighted by Gasteiger charge is -2.12. The van der Waals surface area contributed by atoms with E-state index < -0.39 is 0 Å². The highest BCUT2D eigenvalue weighted by Gasteiger charge is 2.15. The Morgan fingerprint density at radius 3 is 2.89 bits per heavy atom. The fourth-order valence-corrected chi connectivity index (χ4v) is 2.58. The third kappa shape index (κ3) is 3.40. The van der Waals surface area contributed by atoms with Crippen molar-refractivity contribution in [3.63, 3.8) is 0 Å². The van der Waals surface area contributed by atoms with Crippen LogP contribution in [0.4, 0.5) is 0 Å². The van der Waals surface area contributed by atoms with Crippen LogP contribution < -0.4 is 11.3 Å². The molecule has 0 spiro atoms. The third-order valence-corrected chi connectivity index (χ3v) is 4.11. The van der Waals surface area contributed by atoms with E-state index in [9.17, 15) is 0 Å². The number of hydrogen-bond donors (Lipinski definition) is 2. The van der Waals surface area contributed by atoms with Gasteiger partial charge in [-0.05, 0) is 26.3 Å². The quantitative estimate of drug-likeness (QED) is 0.629. The zero-order valence-corrected chi connectivity index (χ0v) is 12.4. The summed E-state index contributed by atoms with van der Waals surface area (Å²) < 4.78 is 2.01. The summed E-state index contributed by atoms with van der Waals surface area (Å²) in [5.41, 5.74) is 4.85. The van der Waals surface area contributed by atoms with Crippen LogP contribution in [0.25, 0.3) is 0 Å². The average Bonchev–Trinajstić information content (AvgIpc) is 3.04. The van der Waals surface area contributed by atoms with E-state index in [0.717, 1.165) is 29.2 Å². The molecule has 0 saturated carbocycles. The largest absolute Gasteiger partial charge is 0.271 e. The van der Waals surface area contributed by atoms with Gasteiger partial charge in [-0.15, -0.1) is 11.3 Å². The molecule has 0 amide bonds. The molecule has 0 saturated heterocycles. The fraction of sp³-hybridized carbons (Fsp3) is 0.538. The van der Waals surface area contributed by atoms with Crippen molar-refractivity contribution in [1.29, 1.82) is 0 Å². The van der Waals surface area contributed by atoms with Crippen molar-refractivity contribution < 1.29 is 0 Å². The lowest BCUT2D eigenvalue weighted by atomic mass is 10.1. The highest BCUT2D eigenvalue weighted by Crippen LogP contribution is 2.19. The molecule has 0 aliphatic carbocycles. The van der Waals surface area contributed by atoms with E-state index >= 15 is 0 Å². The maximum Gasteiger partial charge on any atom is 0.0898 e. The number of nitrogens with one attached hydrogen (secondary N) is 1. The number of aryl methyl sites for hydroxylation is 1. The maximum absolute atomic E-state index is 5.63. The topological polar surface area (TPSA) is 68.8 Å². The Kier molecular flexibility index (Phi) is 4.68. The van der Waals surface area contributed by atoms with Gasteiger partial charge in [0.2, 0.25) is 0 Å². The summed E-state index contributed by atoms with van der Waals surface area (Å²) in [6.45, 7) is 6.33. The summed E-state index contributed by atoms with van der Waals surface area (Å²) in [6.07, 6.45) is 3.86. The van der Waals surface area contributed by atoms with E-state index in [1.165, 1.54) is 0 Å². The first-order valence-electron chi connectivity index (χ1n) is 6.56. The van der Waals surface area contributed by atoms with Gasteiger partial charge in [0, 0.05) is 24.0 Å². The van der Waals surface area contributed by atoms with Gasteiger partial charge in [-0.1, -0.05) is 6.92 Å². The van der Waals surface area contributed by atoms with Crippen molar-refractivity contribution >= 4 is 11.3 Å². The Morgan fingerprint density at radius 1 is 1.53 bits per heavy atom. The minimum absolute atomic E-state index is 0.0187. The zero-order valence-electron chi connectivity index (χ0n) is 11.6. The Bertz CT molecular complexity index is 519. The lowest BCUT2D eigenvalue weighted by Crippen LogP contribution is -2.30. The molecule has 5 nitrogen and oxygen atoms in total. The predicted octanol–water partition coefficient (Wildman–Crippen LogP) is 2.37. The van der Waals surface area contributed by atoms with Crippen LogP contribution >= 0.6 is 11.3 Å². The summed E-state index contributed by atoms with van der Waals surface area (Å²) in [5.74, 6) is 5.63. The molecule has 19 heavy (non-hydrogen) atoms. The van der Waals surface area contributed by atoms with Crippen LogP contribution in [0.3, 0.4) is 0 Å². The van der Waals surface area contributed by atoms with Crippen LogP contribution in [0.15, 0.2) is 17.6 Å². The Hall–Kier alpha value is -1.24. The van der Waals surface area contributed by atoms with E-state index in [4.69, 9.17) is 5.84 Å². The number of aromatic nitrogens is 3. The van der Waals surface area contributed by atoms with Gasteiger partial charge in [-0.2, -0.15) is 5.10 Å². The van der Waals surface area contributed by atoms with E-state index in [-0.39, 0.29) is 6.04 Å². The number of thiazole rings is 1. The molecule has 2 atom stereocenters. The lowest BCUT2D eigenvalue weighted by molar-refractivity contribution is 0.466. The average molecular weight is 279 g/mol. The van der Waals surface area contributed by atoms with Crippen LogP contribution in [-0.2, 0) is 6.42 Å². The van der Waals surface area contributed by atoms with Crippen molar-refractivity contribution in [2.45, 2.75) is 45.7 Å². The Labute approximate surface area is 117 Å². The van der Waals surface area contributed by atoms with Crippen molar-refractivity contribution in [1.82, 2.24) is 20.2 Å². The van der Waals surface area contributed by atoms with E-state index in [1.54, 1.807) is 11.3 Å². The molecule has 0 bridgehead atoms. The molecular weight excluding hydrogens is 258 g/mol. The molecule has 0 fully saturated rings. The first-order valence-corrected chi connectivity index (χ1v) is 7.44. The number of nitrogens with zero attached hydrogens (tertiary/aromatic N) is 3. The highest BCUT2D eigenvalue weighted by molar-refractivity contribution is 7.09. The van der Waals surface area contributed by atoms with Crippen LogP contribution in [-0.4, -0.2) is 14.8 Å². The van der Waals surface area contributed by atoms with Crippen molar-refractivity contribution in [2.75, 3.05) is 0 Å².